The molecule has 5 heterocycles. The van der Waals surface area contributed by atoms with Crippen molar-refractivity contribution in [2.75, 3.05) is 43.5 Å². The summed E-state index contributed by atoms with van der Waals surface area (Å²) in [6, 6.07) is 8.72. The van der Waals surface area contributed by atoms with Gasteiger partial charge in [0.1, 0.15) is 35.7 Å². The second-order valence-electron chi connectivity index (χ2n) is 12.0. The van der Waals surface area contributed by atoms with E-state index in [0.717, 1.165) is 97.6 Å². The Morgan fingerprint density at radius 2 is 1.87 bits per heavy atom. The molecule has 3 aliphatic heterocycles. The van der Waals surface area contributed by atoms with Gasteiger partial charge in [0.05, 0.1) is 11.5 Å². The van der Waals surface area contributed by atoms with Crippen LogP contribution in [0.15, 0.2) is 36.8 Å². The number of anilines is 1. The summed E-state index contributed by atoms with van der Waals surface area (Å²) in [7, 11) is -0.612. The number of nitrogens with two attached hydrogens (primary N) is 1. The van der Waals surface area contributed by atoms with Gasteiger partial charge in [0.2, 0.25) is 0 Å². The maximum Gasteiger partial charge on any atom is 0.146 e. The molecule has 2 aromatic heterocycles. The third kappa shape index (κ3) is 5.09. The average Bonchev–Trinajstić information content (AvgIpc) is 3.68. The fourth-order valence-electron chi connectivity index (χ4n) is 7.29. The normalized spacial score (nSPS) is 29.8. The van der Waals surface area contributed by atoms with Gasteiger partial charge in [-0.25, -0.2) is 9.97 Å². The molecule has 39 heavy (non-hydrogen) atoms. The number of fused-ring (bicyclic) bond motifs is 3. The molecule has 1 saturated carbocycles. The van der Waals surface area contributed by atoms with Gasteiger partial charge in [0.25, 0.3) is 0 Å². The van der Waals surface area contributed by atoms with Crippen molar-refractivity contribution in [2.45, 2.75) is 69.1 Å². The Morgan fingerprint density at radius 3 is 2.62 bits per heavy atom. The van der Waals surface area contributed by atoms with Gasteiger partial charge in [-0.05, 0) is 75.0 Å². The van der Waals surface area contributed by atoms with E-state index in [9.17, 15) is 4.21 Å². The molecule has 9 heteroatoms. The van der Waals surface area contributed by atoms with Crippen molar-refractivity contribution in [1.82, 2.24) is 19.4 Å². The van der Waals surface area contributed by atoms with E-state index in [1.165, 1.54) is 12.8 Å². The molecule has 8 nitrogen and oxygen atoms in total. The SMILES string of the molecule is Nc1ncnc2c1c(-c1cccc(OCC34CCC(CC3)O4)c1)cn2C1CCC(CN2CCS(=O)CC2)CC1. The van der Waals surface area contributed by atoms with Crippen molar-refractivity contribution < 1.29 is 13.7 Å². The van der Waals surface area contributed by atoms with E-state index in [0.29, 0.717) is 30.5 Å². The zero-order chi connectivity index (χ0) is 26.4. The van der Waals surface area contributed by atoms with Crippen molar-refractivity contribution >= 4 is 27.7 Å². The van der Waals surface area contributed by atoms with Gasteiger partial charge in [-0.3, -0.25) is 4.21 Å². The minimum absolute atomic E-state index is 0.0966. The molecule has 3 aromatic rings. The van der Waals surface area contributed by atoms with Crippen molar-refractivity contribution in [2.24, 2.45) is 5.92 Å². The molecule has 0 radical (unpaired) electrons. The molecule has 2 N–H and O–H groups in total. The van der Waals surface area contributed by atoms with Crippen LogP contribution in [0.2, 0.25) is 0 Å². The van der Waals surface area contributed by atoms with Crippen LogP contribution in [0.5, 0.6) is 5.75 Å². The smallest absolute Gasteiger partial charge is 0.146 e. The monoisotopic (exact) mass is 549 g/mol. The summed E-state index contributed by atoms with van der Waals surface area (Å²) in [5.41, 5.74) is 9.41. The highest BCUT2D eigenvalue weighted by molar-refractivity contribution is 7.85. The van der Waals surface area contributed by atoms with Crippen LogP contribution in [-0.2, 0) is 15.5 Å². The summed E-state index contributed by atoms with van der Waals surface area (Å²) >= 11 is 0. The van der Waals surface area contributed by atoms with Crippen LogP contribution in [0.4, 0.5) is 5.82 Å². The molecule has 0 unspecified atom stereocenters. The topological polar surface area (TPSA) is 95.5 Å². The van der Waals surface area contributed by atoms with Crippen LogP contribution in [0, 0.1) is 5.92 Å². The lowest BCUT2D eigenvalue weighted by molar-refractivity contribution is -0.0198. The van der Waals surface area contributed by atoms with Gasteiger partial charge < -0.3 is 24.7 Å². The lowest BCUT2D eigenvalue weighted by Gasteiger charge is -2.34. The first-order valence-electron chi connectivity index (χ1n) is 14.6. The largest absolute Gasteiger partial charge is 0.491 e. The Hall–Kier alpha value is -2.49. The van der Waals surface area contributed by atoms with Gasteiger partial charge in [-0.15, -0.1) is 0 Å². The first kappa shape index (κ1) is 25.5. The predicted octanol–water partition coefficient (Wildman–Crippen LogP) is 4.57. The molecular formula is C30H39N5O3S. The van der Waals surface area contributed by atoms with Crippen LogP contribution in [0.25, 0.3) is 22.2 Å². The summed E-state index contributed by atoms with van der Waals surface area (Å²) in [4.78, 5) is 11.6. The summed E-state index contributed by atoms with van der Waals surface area (Å²) < 4.78 is 26.6. The van der Waals surface area contributed by atoms with Crippen molar-refractivity contribution in [3.63, 3.8) is 0 Å². The lowest BCUT2D eigenvalue weighted by Crippen LogP contribution is -2.41. The molecule has 1 aromatic carbocycles. The lowest BCUT2D eigenvalue weighted by atomic mass is 9.85. The third-order valence-corrected chi connectivity index (χ3v) is 10.8. The highest BCUT2D eigenvalue weighted by Crippen LogP contribution is 2.44. The van der Waals surface area contributed by atoms with E-state index in [-0.39, 0.29) is 5.60 Å². The number of rotatable bonds is 7. The van der Waals surface area contributed by atoms with E-state index >= 15 is 0 Å². The zero-order valence-corrected chi connectivity index (χ0v) is 23.4. The van der Waals surface area contributed by atoms with E-state index < -0.39 is 10.8 Å². The first-order valence-corrected chi connectivity index (χ1v) is 16.1. The summed E-state index contributed by atoms with van der Waals surface area (Å²) in [6.07, 6.45) is 13.4. The molecule has 7 rings (SSSR count). The first-order chi connectivity index (χ1) is 19.1. The van der Waals surface area contributed by atoms with E-state index in [1.54, 1.807) is 6.33 Å². The minimum Gasteiger partial charge on any atom is -0.491 e. The molecule has 0 spiro atoms. The molecular weight excluding hydrogens is 510 g/mol. The minimum atomic E-state index is -0.612. The van der Waals surface area contributed by atoms with Crippen molar-refractivity contribution in [1.29, 1.82) is 0 Å². The second-order valence-corrected chi connectivity index (χ2v) is 13.7. The predicted molar refractivity (Wildman–Crippen MR) is 154 cm³/mol. The van der Waals surface area contributed by atoms with Crippen molar-refractivity contribution in [3.8, 4) is 16.9 Å². The number of nitrogens with zero attached hydrogens (tertiary/aromatic N) is 4. The summed E-state index contributed by atoms with van der Waals surface area (Å²) in [6.45, 7) is 3.70. The highest BCUT2D eigenvalue weighted by Gasteiger charge is 2.46. The quantitative estimate of drug-likeness (QED) is 0.461. The fraction of sp³-hybridized carbons (Fsp3) is 0.600. The Kier molecular flexibility index (Phi) is 6.85. The van der Waals surface area contributed by atoms with Crippen molar-refractivity contribution in [3.05, 3.63) is 36.8 Å². The number of aromatic nitrogens is 3. The Bertz CT molecular complexity index is 1350. The third-order valence-electron chi connectivity index (χ3n) is 9.54. The molecule has 4 fully saturated rings. The molecule has 208 valence electrons. The van der Waals surface area contributed by atoms with Crippen LogP contribution in [0.1, 0.15) is 57.4 Å². The Balaban J connectivity index is 1.09. The Morgan fingerprint density at radius 1 is 1.08 bits per heavy atom. The number of benzene rings is 1. The zero-order valence-electron chi connectivity index (χ0n) is 22.6. The highest BCUT2D eigenvalue weighted by atomic mass is 32.2. The van der Waals surface area contributed by atoms with Gasteiger partial charge in [-0.2, -0.15) is 0 Å². The molecule has 0 amide bonds. The average molecular weight is 550 g/mol. The second kappa shape index (κ2) is 10.5. The molecule has 0 atom stereocenters. The fourth-order valence-corrected chi connectivity index (χ4v) is 8.42. The van der Waals surface area contributed by atoms with Crippen LogP contribution in [-0.4, -0.2) is 73.1 Å². The maximum absolute atomic E-state index is 11.7. The molecule has 2 bridgehead atoms. The summed E-state index contributed by atoms with van der Waals surface area (Å²) in [5, 5.41) is 0.925. The summed E-state index contributed by atoms with van der Waals surface area (Å²) in [5.74, 6) is 3.75. The van der Waals surface area contributed by atoms with E-state index in [1.807, 2.05) is 6.07 Å². The number of ether oxygens (including phenoxy) is 2. The van der Waals surface area contributed by atoms with Crippen LogP contribution < -0.4 is 10.5 Å². The van der Waals surface area contributed by atoms with Gasteiger partial charge in [0.15, 0.2) is 0 Å². The van der Waals surface area contributed by atoms with Gasteiger partial charge in [0, 0.05) is 59.7 Å². The molecule has 1 aliphatic carbocycles. The van der Waals surface area contributed by atoms with Gasteiger partial charge in [-0.1, -0.05) is 12.1 Å². The number of nitrogen functional groups attached to an aromatic ring is 1. The number of hydrogen-bond acceptors (Lipinski definition) is 7. The van der Waals surface area contributed by atoms with Gasteiger partial charge >= 0.3 is 0 Å². The molecule has 3 saturated heterocycles. The van der Waals surface area contributed by atoms with Crippen LogP contribution in [0.3, 0.4) is 0 Å². The maximum atomic E-state index is 11.7. The van der Waals surface area contributed by atoms with Crippen LogP contribution >= 0.6 is 0 Å². The van der Waals surface area contributed by atoms with E-state index in [2.05, 4.69) is 38.8 Å². The standard InChI is InChI=1S/C30H39N5O3S/c31-28-27-26(22-2-1-3-25(16-22)37-19-30-10-8-24(38-30)9-11-30)18-35(29(27)33-20-32-28)23-6-4-21(5-7-23)17-34-12-14-39(36)15-13-34/h1-3,16,18,20-21,23-24H,4-15,17,19H2,(H2,31,32,33). The number of hydrogen-bond donors (Lipinski definition) is 1. The van der Waals surface area contributed by atoms with E-state index in [4.69, 9.17) is 20.2 Å². The molecule has 4 aliphatic rings. The Labute approximate surface area is 232 Å².